The zero-order valence-electron chi connectivity index (χ0n) is 14.2. The van der Waals surface area contributed by atoms with Gasteiger partial charge in [0.15, 0.2) is 0 Å². The Balaban J connectivity index is 1.57. The van der Waals surface area contributed by atoms with Gasteiger partial charge < -0.3 is 4.90 Å². The highest BCUT2D eigenvalue weighted by molar-refractivity contribution is 5.89. The van der Waals surface area contributed by atoms with Gasteiger partial charge in [-0.3, -0.25) is 0 Å². The summed E-state index contributed by atoms with van der Waals surface area (Å²) in [4.78, 5) is 15.8. The molecule has 0 spiro atoms. The summed E-state index contributed by atoms with van der Waals surface area (Å²) in [7, 11) is 0. The van der Waals surface area contributed by atoms with E-state index in [-0.39, 0.29) is 0 Å². The van der Waals surface area contributed by atoms with E-state index in [2.05, 4.69) is 37.1 Å². The number of anilines is 1. The Bertz CT molecular complexity index is 850. The molecule has 1 saturated heterocycles. The molecular formula is C18H22N6. The number of rotatable bonds is 3. The molecule has 0 amide bonds. The van der Waals surface area contributed by atoms with E-state index in [0.717, 1.165) is 48.0 Å². The first-order chi connectivity index (χ1) is 11.7. The molecule has 0 saturated carbocycles. The minimum atomic E-state index is 0.562. The van der Waals surface area contributed by atoms with E-state index < -0.39 is 0 Å². The molecule has 2 aromatic heterocycles. The number of piperidine rings is 1. The molecule has 0 bridgehead atoms. The Morgan fingerprint density at radius 2 is 2.04 bits per heavy atom. The van der Waals surface area contributed by atoms with Crippen LogP contribution in [0, 0.1) is 19.8 Å². The smallest absolute Gasteiger partial charge is 0.147 e. The van der Waals surface area contributed by atoms with Crippen LogP contribution in [0.2, 0.25) is 0 Å². The molecule has 0 N–H and O–H groups in total. The van der Waals surface area contributed by atoms with Gasteiger partial charge in [0.2, 0.25) is 0 Å². The molecule has 1 aromatic carbocycles. The van der Waals surface area contributed by atoms with Gasteiger partial charge in [0.05, 0.1) is 5.52 Å². The van der Waals surface area contributed by atoms with Gasteiger partial charge in [0.1, 0.15) is 23.8 Å². The second-order valence-electron chi connectivity index (χ2n) is 6.56. The van der Waals surface area contributed by atoms with E-state index in [1.165, 1.54) is 12.8 Å². The van der Waals surface area contributed by atoms with Crippen LogP contribution in [0.15, 0.2) is 30.6 Å². The molecule has 1 aliphatic heterocycles. The number of hydrogen-bond acceptors (Lipinski definition) is 5. The summed E-state index contributed by atoms with van der Waals surface area (Å²) in [5.74, 6) is 3.46. The third-order valence-electron chi connectivity index (χ3n) is 4.73. The molecule has 4 rings (SSSR count). The summed E-state index contributed by atoms with van der Waals surface area (Å²) >= 11 is 0. The topological polar surface area (TPSA) is 59.7 Å². The number of nitrogens with zero attached hydrogens (tertiary/aromatic N) is 6. The molecule has 1 aliphatic rings. The maximum atomic E-state index is 4.57. The van der Waals surface area contributed by atoms with Gasteiger partial charge in [-0.15, -0.1) is 0 Å². The first-order valence-corrected chi connectivity index (χ1v) is 8.53. The van der Waals surface area contributed by atoms with Crippen LogP contribution in [0.25, 0.3) is 10.9 Å². The molecule has 6 heteroatoms. The van der Waals surface area contributed by atoms with Crippen LogP contribution >= 0.6 is 0 Å². The SMILES string of the molecule is Cc1nc(C)n(C[C@H]2CCCN(c3ncnc4ccccc34)C2)n1. The van der Waals surface area contributed by atoms with Crippen molar-refractivity contribution in [2.24, 2.45) is 5.92 Å². The second-order valence-corrected chi connectivity index (χ2v) is 6.56. The molecule has 1 atom stereocenters. The lowest BCUT2D eigenvalue weighted by Crippen LogP contribution is -2.38. The van der Waals surface area contributed by atoms with Crippen LogP contribution in [-0.2, 0) is 6.54 Å². The first kappa shape index (κ1) is 15.1. The van der Waals surface area contributed by atoms with E-state index in [1.54, 1.807) is 6.33 Å². The van der Waals surface area contributed by atoms with E-state index in [1.807, 2.05) is 30.7 Å². The van der Waals surface area contributed by atoms with Crippen LogP contribution < -0.4 is 4.90 Å². The highest BCUT2D eigenvalue weighted by atomic mass is 15.3. The summed E-state index contributed by atoms with van der Waals surface area (Å²) in [6, 6.07) is 8.23. The quantitative estimate of drug-likeness (QED) is 0.742. The van der Waals surface area contributed by atoms with Crippen molar-refractivity contribution in [3.05, 3.63) is 42.2 Å². The molecule has 0 unspecified atom stereocenters. The van der Waals surface area contributed by atoms with Crippen molar-refractivity contribution in [2.45, 2.75) is 33.2 Å². The van der Waals surface area contributed by atoms with Crippen molar-refractivity contribution in [3.8, 4) is 0 Å². The third-order valence-corrected chi connectivity index (χ3v) is 4.73. The largest absolute Gasteiger partial charge is 0.356 e. The maximum Gasteiger partial charge on any atom is 0.147 e. The van der Waals surface area contributed by atoms with Gasteiger partial charge in [-0.2, -0.15) is 5.10 Å². The van der Waals surface area contributed by atoms with Crippen molar-refractivity contribution >= 4 is 16.7 Å². The van der Waals surface area contributed by atoms with Crippen molar-refractivity contribution in [1.29, 1.82) is 0 Å². The fourth-order valence-corrected chi connectivity index (χ4v) is 3.63. The molecule has 3 aromatic rings. The summed E-state index contributed by atoms with van der Waals surface area (Å²) in [5, 5.41) is 5.65. The van der Waals surface area contributed by atoms with Crippen molar-refractivity contribution < 1.29 is 0 Å². The number of fused-ring (bicyclic) bond motifs is 1. The van der Waals surface area contributed by atoms with Gasteiger partial charge in [-0.1, -0.05) is 12.1 Å². The summed E-state index contributed by atoms with van der Waals surface area (Å²) in [5.41, 5.74) is 1.01. The van der Waals surface area contributed by atoms with Crippen LogP contribution in [0.3, 0.4) is 0 Å². The molecule has 124 valence electrons. The van der Waals surface area contributed by atoms with E-state index in [0.29, 0.717) is 5.92 Å². The Morgan fingerprint density at radius 3 is 2.88 bits per heavy atom. The Morgan fingerprint density at radius 1 is 1.17 bits per heavy atom. The molecular weight excluding hydrogens is 300 g/mol. The van der Waals surface area contributed by atoms with Gasteiger partial charge in [-0.25, -0.2) is 19.6 Å². The minimum Gasteiger partial charge on any atom is -0.356 e. The molecule has 0 radical (unpaired) electrons. The van der Waals surface area contributed by atoms with Gasteiger partial charge in [0.25, 0.3) is 0 Å². The predicted octanol–water partition coefficient (Wildman–Crippen LogP) is 2.75. The Kier molecular flexibility index (Phi) is 3.88. The number of benzene rings is 1. The number of aryl methyl sites for hydroxylation is 2. The van der Waals surface area contributed by atoms with E-state index >= 15 is 0 Å². The average molecular weight is 322 g/mol. The lowest BCUT2D eigenvalue weighted by molar-refractivity contribution is 0.347. The normalized spacial score (nSPS) is 18.2. The number of para-hydroxylation sites is 1. The predicted molar refractivity (Wildman–Crippen MR) is 94.0 cm³/mol. The Labute approximate surface area is 141 Å². The molecule has 0 aliphatic carbocycles. The zero-order chi connectivity index (χ0) is 16.5. The number of hydrogen-bond donors (Lipinski definition) is 0. The summed E-state index contributed by atoms with van der Waals surface area (Å²) < 4.78 is 2.04. The zero-order valence-corrected chi connectivity index (χ0v) is 14.2. The van der Waals surface area contributed by atoms with E-state index in [4.69, 9.17) is 0 Å². The van der Waals surface area contributed by atoms with Crippen LogP contribution in [0.5, 0.6) is 0 Å². The third kappa shape index (κ3) is 2.84. The minimum absolute atomic E-state index is 0.562. The van der Waals surface area contributed by atoms with Crippen LogP contribution in [-0.4, -0.2) is 37.8 Å². The maximum absolute atomic E-state index is 4.57. The molecule has 1 fully saturated rings. The first-order valence-electron chi connectivity index (χ1n) is 8.53. The highest BCUT2D eigenvalue weighted by Crippen LogP contribution is 2.27. The Hall–Kier alpha value is -2.50. The molecule has 3 heterocycles. The number of aromatic nitrogens is 5. The van der Waals surface area contributed by atoms with Crippen molar-refractivity contribution in [1.82, 2.24) is 24.7 Å². The highest BCUT2D eigenvalue weighted by Gasteiger charge is 2.23. The van der Waals surface area contributed by atoms with Gasteiger partial charge in [-0.05, 0) is 44.7 Å². The molecule has 6 nitrogen and oxygen atoms in total. The van der Waals surface area contributed by atoms with Crippen LogP contribution in [0.4, 0.5) is 5.82 Å². The summed E-state index contributed by atoms with van der Waals surface area (Å²) in [6.07, 6.45) is 4.07. The summed E-state index contributed by atoms with van der Waals surface area (Å²) in [6.45, 7) is 6.95. The van der Waals surface area contributed by atoms with Gasteiger partial charge >= 0.3 is 0 Å². The fraction of sp³-hybridized carbons (Fsp3) is 0.444. The standard InChI is InChI=1S/C18H22N6/c1-13-21-14(2)24(22-13)11-15-6-5-9-23(10-15)18-16-7-3-4-8-17(16)19-12-20-18/h3-4,7-8,12,15H,5-6,9-11H2,1-2H3/t15-/m0/s1. The monoisotopic (exact) mass is 322 g/mol. The average Bonchev–Trinajstić information content (AvgIpc) is 2.92. The molecule has 24 heavy (non-hydrogen) atoms. The van der Waals surface area contributed by atoms with Gasteiger partial charge in [0, 0.05) is 25.0 Å². The van der Waals surface area contributed by atoms with Crippen LogP contribution in [0.1, 0.15) is 24.5 Å². The van der Waals surface area contributed by atoms with Crippen molar-refractivity contribution in [2.75, 3.05) is 18.0 Å². The fourth-order valence-electron chi connectivity index (χ4n) is 3.63. The second kappa shape index (κ2) is 6.19. The lowest BCUT2D eigenvalue weighted by atomic mass is 9.97. The van der Waals surface area contributed by atoms with E-state index in [9.17, 15) is 0 Å². The lowest BCUT2D eigenvalue weighted by Gasteiger charge is -2.34. The van der Waals surface area contributed by atoms with Crippen molar-refractivity contribution in [3.63, 3.8) is 0 Å².